The molecule has 106 valence electrons. The molecule has 1 aliphatic rings. The van der Waals surface area contributed by atoms with Crippen LogP contribution in [0.25, 0.3) is 5.57 Å². The van der Waals surface area contributed by atoms with Crippen LogP contribution in [0.4, 0.5) is 5.69 Å². The topological polar surface area (TPSA) is 46.2 Å². The molecule has 21 heavy (non-hydrogen) atoms. The second-order valence-electron chi connectivity index (χ2n) is 4.98. The Morgan fingerprint density at radius 1 is 1.10 bits per heavy atom. The predicted molar refractivity (Wildman–Crippen MR) is 86.1 cm³/mol. The first-order valence-corrected chi connectivity index (χ1v) is 8.07. The molecule has 2 aromatic carbocycles. The quantitative estimate of drug-likeness (QED) is 0.884. The standard InChI is InChI=1S/C17H15NO2S/c1-12-6-2-3-7-13(12)10-21(20)11-15-14-8-4-5-9-16(14)18-17(15)19/h2-9,11H,10H2,1H3,(H,18,19). The Balaban J connectivity index is 1.87. The molecule has 3 rings (SSSR count). The molecule has 0 radical (unpaired) electrons. The average Bonchev–Trinajstić information content (AvgIpc) is 2.78. The Bertz CT molecular complexity index is 765. The Kier molecular flexibility index (Phi) is 3.71. The van der Waals surface area contributed by atoms with E-state index in [0.29, 0.717) is 11.3 Å². The van der Waals surface area contributed by atoms with Gasteiger partial charge < -0.3 is 5.32 Å². The lowest BCUT2D eigenvalue weighted by Gasteiger charge is -2.03. The smallest absolute Gasteiger partial charge is 0.256 e. The Labute approximate surface area is 126 Å². The van der Waals surface area contributed by atoms with Gasteiger partial charge in [0.1, 0.15) is 0 Å². The lowest BCUT2D eigenvalue weighted by molar-refractivity contribution is -0.110. The maximum absolute atomic E-state index is 12.3. The van der Waals surface area contributed by atoms with Crippen LogP contribution in [0, 0.1) is 6.92 Å². The van der Waals surface area contributed by atoms with E-state index >= 15 is 0 Å². The van der Waals surface area contributed by atoms with Gasteiger partial charge in [-0.3, -0.25) is 9.00 Å². The minimum absolute atomic E-state index is 0.186. The Morgan fingerprint density at radius 2 is 1.81 bits per heavy atom. The number of nitrogens with one attached hydrogen (secondary N) is 1. The molecular weight excluding hydrogens is 282 g/mol. The fourth-order valence-electron chi connectivity index (χ4n) is 2.35. The fourth-order valence-corrected chi connectivity index (χ4v) is 3.57. The summed E-state index contributed by atoms with van der Waals surface area (Å²) in [6.07, 6.45) is 0. The monoisotopic (exact) mass is 297 g/mol. The van der Waals surface area contributed by atoms with Gasteiger partial charge in [0.25, 0.3) is 5.91 Å². The predicted octanol–water partition coefficient (Wildman–Crippen LogP) is 3.24. The number of rotatable bonds is 3. The van der Waals surface area contributed by atoms with Gasteiger partial charge in [-0.05, 0) is 24.1 Å². The van der Waals surface area contributed by atoms with Crippen molar-refractivity contribution in [1.29, 1.82) is 0 Å². The molecule has 0 saturated heterocycles. The molecule has 1 aliphatic heterocycles. The number of carbonyl (C=O) groups excluding carboxylic acids is 1. The first-order valence-electron chi connectivity index (χ1n) is 6.69. The number of aryl methyl sites for hydroxylation is 1. The summed E-state index contributed by atoms with van der Waals surface area (Å²) in [7, 11) is -1.22. The van der Waals surface area contributed by atoms with E-state index in [1.165, 1.54) is 0 Å². The van der Waals surface area contributed by atoms with Crippen molar-refractivity contribution in [2.75, 3.05) is 5.32 Å². The van der Waals surface area contributed by atoms with Crippen molar-refractivity contribution in [1.82, 2.24) is 0 Å². The molecule has 1 unspecified atom stereocenters. The second-order valence-corrected chi connectivity index (χ2v) is 6.27. The van der Waals surface area contributed by atoms with Crippen LogP contribution in [-0.2, 0) is 21.3 Å². The van der Waals surface area contributed by atoms with Crippen molar-refractivity contribution >= 4 is 28.0 Å². The molecule has 0 saturated carbocycles. The summed E-state index contributed by atoms with van der Waals surface area (Å²) in [6.45, 7) is 2.00. The summed E-state index contributed by atoms with van der Waals surface area (Å²) in [5.41, 5.74) is 4.25. The van der Waals surface area contributed by atoms with Crippen molar-refractivity contribution in [2.45, 2.75) is 12.7 Å². The van der Waals surface area contributed by atoms with E-state index in [2.05, 4.69) is 5.32 Å². The fraction of sp³-hybridized carbons (Fsp3) is 0.118. The van der Waals surface area contributed by atoms with Crippen LogP contribution in [0.3, 0.4) is 0 Å². The molecule has 0 aromatic heterocycles. The van der Waals surface area contributed by atoms with Crippen LogP contribution in [0.2, 0.25) is 0 Å². The van der Waals surface area contributed by atoms with Crippen LogP contribution in [-0.4, -0.2) is 10.1 Å². The molecule has 1 N–H and O–H groups in total. The van der Waals surface area contributed by atoms with Gasteiger partial charge in [0.15, 0.2) is 0 Å². The molecule has 4 heteroatoms. The average molecular weight is 297 g/mol. The highest BCUT2D eigenvalue weighted by molar-refractivity contribution is 7.87. The zero-order valence-corrected chi connectivity index (χ0v) is 12.4. The molecule has 0 spiro atoms. The first-order chi connectivity index (χ1) is 10.1. The van der Waals surface area contributed by atoms with E-state index in [-0.39, 0.29) is 5.91 Å². The van der Waals surface area contributed by atoms with Crippen LogP contribution in [0.1, 0.15) is 16.7 Å². The summed E-state index contributed by atoms with van der Waals surface area (Å²) in [5, 5.41) is 4.35. The molecule has 1 amide bonds. The van der Waals surface area contributed by atoms with Gasteiger partial charge in [0.2, 0.25) is 0 Å². The minimum Gasteiger partial charge on any atom is -0.321 e. The van der Waals surface area contributed by atoms with E-state index < -0.39 is 10.8 Å². The molecule has 0 bridgehead atoms. The number of benzene rings is 2. The highest BCUT2D eigenvalue weighted by Crippen LogP contribution is 2.31. The van der Waals surface area contributed by atoms with E-state index in [4.69, 9.17) is 0 Å². The molecular formula is C17H15NO2S. The summed E-state index contributed by atoms with van der Waals surface area (Å²) in [5.74, 6) is 0.236. The zero-order chi connectivity index (χ0) is 14.8. The van der Waals surface area contributed by atoms with Crippen LogP contribution in [0.5, 0.6) is 0 Å². The van der Waals surface area contributed by atoms with Gasteiger partial charge in [-0.2, -0.15) is 0 Å². The minimum atomic E-state index is -1.22. The number of hydrogen-bond acceptors (Lipinski definition) is 2. The maximum atomic E-state index is 12.3. The SMILES string of the molecule is Cc1ccccc1CS(=O)C=C1C(=O)Nc2ccccc21. The largest absolute Gasteiger partial charge is 0.321 e. The van der Waals surface area contributed by atoms with Gasteiger partial charge in [0, 0.05) is 16.7 Å². The third kappa shape index (κ3) is 2.81. The zero-order valence-electron chi connectivity index (χ0n) is 11.6. The normalized spacial score (nSPS) is 16.6. The Morgan fingerprint density at radius 3 is 2.62 bits per heavy atom. The second kappa shape index (κ2) is 5.66. The van der Waals surface area contributed by atoms with E-state index in [1.807, 2.05) is 55.5 Å². The van der Waals surface area contributed by atoms with Gasteiger partial charge >= 0.3 is 0 Å². The number of amides is 1. The van der Waals surface area contributed by atoms with Gasteiger partial charge in [-0.25, -0.2) is 0 Å². The van der Waals surface area contributed by atoms with E-state index in [1.54, 1.807) is 5.41 Å². The summed E-state index contributed by atoms with van der Waals surface area (Å²) < 4.78 is 12.3. The third-order valence-corrected chi connectivity index (χ3v) is 4.61. The van der Waals surface area contributed by atoms with Crippen molar-refractivity contribution in [3.8, 4) is 0 Å². The van der Waals surface area contributed by atoms with E-state index in [9.17, 15) is 9.00 Å². The third-order valence-electron chi connectivity index (χ3n) is 3.52. The van der Waals surface area contributed by atoms with Gasteiger partial charge in [0.05, 0.1) is 22.1 Å². The van der Waals surface area contributed by atoms with Crippen LogP contribution in [0.15, 0.2) is 53.9 Å². The van der Waals surface area contributed by atoms with Crippen molar-refractivity contribution in [3.63, 3.8) is 0 Å². The molecule has 0 aliphatic carbocycles. The van der Waals surface area contributed by atoms with Crippen molar-refractivity contribution < 1.29 is 9.00 Å². The lowest BCUT2D eigenvalue weighted by atomic mass is 10.1. The number of anilines is 1. The van der Waals surface area contributed by atoms with E-state index in [0.717, 1.165) is 22.4 Å². The Hall–Kier alpha value is -2.20. The van der Waals surface area contributed by atoms with Gasteiger partial charge in [-0.15, -0.1) is 0 Å². The molecule has 3 nitrogen and oxygen atoms in total. The molecule has 1 atom stereocenters. The van der Waals surface area contributed by atoms with Crippen molar-refractivity contribution in [3.05, 3.63) is 70.6 Å². The van der Waals surface area contributed by atoms with Gasteiger partial charge in [-0.1, -0.05) is 42.5 Å². The number of fused-ring (bicyclic) bond motifs is 1. The highest BCUT2D eigenvalue weighted by atomic mass is 32.2. The molecule has 0 fully saturated rings. The number of para-hydroxylation sites is 1. The summed E-state index contributed by atoms with van der Waals surface area (Å²) >= 11 is 0. The van der Waals surface area contributed by atoms with Crippen LogP contribution < -0.4 is 5.32 Å². The van der Waals surface area contributed by atoms with Crippen molar-refractivity contribution in [2.24, 2.45) is 0 Å². The summed E-state index contributed by atoms with van der Waals surface area (Å²) in [6, 6.07) is 15.3. The molecule has 1 heterocycles. The molecule has 2 aromatic rings. The number of carbonyl (C=O) groups is 1. The number of hydrogen-bond donors (Lipinski definition) is 1. The summed E-state index contributed by atoms with van der Waals surface area (Å²) in [4.78, 5) is 12.0. The maximum Gasteiger partial charge on any atom is 0.256 e. The highest BCUT2D eigenvalue weighted by Gasteiger charge is 2.24. The lowest BCUT2D eigenvalue weighted by Crippen LogP contribution is -2.05. The first kappa shape index (κ1) is 13.8. The van der Waals surface area contributed by atoms with Crippen LogP contribution >= 0.6 is 0 Å².